The first-order valence-electron chi connectivity index (χ1n) is 11.2. The molecule has 29 heavy (non-hydrogen) atoms. The van der Waals surface area contributed by atoms with E-state index in [2.05, 4.69) is 102 Å². The molecule has 0 nitrogen and oxygen atoms in total. The van der Waals surface area contributed by atoms with Gasteiger partial charge in [0.1, 0.15) is 0 Å². The number of hydrogen-bond acceptors (Lipinski definition) is 1. The minimum absolute atomic E-state index is 0.255. The van der Waals surface area contributed by atoms with Gasteiger partial charge in [0.15, 0.2) is 0 Å². The number of benzene rings is 2. The topological polar surface area (TPSA) is 0 Å². The number of fused-ring (bicyclic) bond motifs is 1. The lowest BCUT2D eigenvalue weighted by molar-refractivity contribution is 0.331. The maximum absolute atomic E-state index is 2.55. The standard InChI is InChI=1S/C28H38S/c1-7-8-17-29-20-24-19-26-25(27(3,4)15-16-28(26,5)6)18-23(24)14-13-22-11-9-21(2)10-12-22/h9-14,18-19H,7-8,15-17,20H2,1-6H3/b14-13+. The summed E-state index contributed by atoms with van der Waals surface area (Å²) in [7, 11) is 0. The summed E-state index contributed by atoms with van der Waals surface area (Å²) in [5, 5.41) is 0. The summed E-state index contributed by atoms with van der Waals surface area (Å²) in [5.74, 6) is 2.36. The van der Waals surface area contributed by atoms with Gasteiger partial charge in [-0.15, -0.1) is 0 Å². The van der Waals surface area contributed by atoms with Gasteiger partial charge in [0.25, 0.3) is 0 Å². The number of unbranched alkanes of at least 4 members (excludes halogenated alkanes) is 1. The molecule has 0 heterocycles. The van der Waals surface area contributed by atoms with Crippen molar-refractivity contribution in [2.24, 2.45) is 0 Å². The van der Waals surface area contributed by atoms with E-state index in [0.29, 0.717) is 0 Å². The minimum Gasteiger partial charge on any atom is -0.157 e. The van der Waals surface area contributed by atoms with Crippen molar-refractivity contribution in [3.05, 3.63) is 69.8 Å². The molecule has 0 amide bonds. The molecule has 0 unspecified atom stereocenters. The van der Waals surface area contributed by atoms with Crippen LogP contribution >= 0.6 is 11.8 Å². The van der Waals surface area contributed by atoms with Crippen molar-refractivity contribution in [2.75, 3.05) is 5.75 Å². The molecule has 1 aliphatic rings. The van der Waals surface area contributed by atoms with Crippen LogP contribution in [0.25, 0.3) is 12.2 Å². The van der Waals surface area contributed by atoms with Gasteiger partial charge in [0.2, 0.25) is 0 Å². The Morgan fingerprint density at radius 1 is 0.897 bits per heavy atom. The first kappa shape index (κ1) is 22.2. The lowest BCUT2D eigenvalue weighted by atomic mass is 9.62. The summed E-state index contributed by atoms with van der Waals surface area (Å²) in [4.78, 5) is 0. The maximum Gasteiger partial charge on any atom is 0.0190 e. The molecule has 0 saturated heterocycles. The average Bonchev–Trinajstić information content (AvgIpc) is 2.68. The normalized spacial score (nSPS) is 17.4. The molecule has 0 bridgehead atoms. The molecule has 1 aliphatic carbocycles. The summed E-state index contributed by atoms with van der Waals surface area (Å²) < 4.78 is 0. The Kier molecular flexibility index (Phi) is 6.99. The molecule has 0 N–H and O–H groups in total. The molecule has 0 atom stereocenters. The van der Waals surface area contributed by atoms with Gasteiger partial charge in [-0.1, -0.05) is 95.2 Å². The molecule has 0 spiro atoms. The van der Waals surface area contributed by atoms with Crippen LogP contribution in [0.4, 0.5) is 0 Å². The van der Waals surface area contributed by atoms with Crippen LogP contribution < -0.4 is 0 Å². The lowest BCUT2D eigenvalue weighted by Gasteiger charge is -2.42. The van der Waals surface area contributed by atoms with E-state index in [1.807, 2.05) is 0 Å². The average molecular weight is 407 g/mol. The van der Waals surface area contributed by atoms with Crippen LogP contribution in [-0.2, 0) is 16.6 Å². The van der Waals surface area contributed by atoms with Crippen molar-refractivity contribution in [1.82, 2.24) is 0 Å². The highest BCUT2D eigenvalue weighted by Gasteiger charge is 2.37. The smallest absolute Gasteiger partial charge is 0.0190 e. The molecular weight excluding hydrogens is 368 g/mol. The molecule has 0 aromatic heterocycles. The maximum atomic E-state index is 2.55. The van der Waals surface area contributed by atoms with Gasteiger partial charge in [0.05, 0.1) is 0 Å². The molecule has 0 aliphatic heterocycles. The van der Waals surface area contributed by atoms with E-state index in [1.165, 1.54) is 53.7 Å². The molecule has 1 heteroatoms. The van der Waals surface area contributed by atoms with Crippen molar-refractivity contribution in [1.29, 1.82) is 0 Å². The minimum atomic E-state index is 0.255. The summed E-state index contributed by atoms with van der Waals surface area (Å²) in [6.45, 7) is 14.1. The first-order chi connectivity index (χ1) is 13.7. The Morgan fingerprint density at radius 2 is 1.52 bits per heavy atom. The second kappa shape index (κ2) is 9.13. The highest BCUT2D eigenvalue weighted by atomic mass is 32.2. The highest BCUT2D eigenvalue weighted by Crippen LogP contribution is 2.47. The molecule has 156 valence electrons. The van der Waals surface area contributed by atoms with Gasteiger partial charge in [-0.25, -0.2) is 0 Å². The third-order valence-electron chi connectivity index (χ3n) is 6.55. The SMILES string of the molecule is CCCCSCc1cc2c(cc1/C=C/c1ccc(C)cc1)C(C)(C)CCC2(C)C. The van der Waals surface area contributed by atoms with Crippen molar-refractivity contribution >= 4 is 23.9 Å². The van der Waals surface area contributed by atoms with Gasteiger partial charge in [-0.3, -0.25) is 0 Å². The third kappa shape index (κ3) is 5.37. The Balaban J connectivity index is 2.00. The monoisotopic (exact) mass is 406 g/mol. The fourth-order valence-corrected chi connectivity index (χ4v) is 5.35. The Morgan fingerprint density at radius 3 is 2.14 bits per heavy atom. The molecule has 0 radical (unpaired) electrons. The third-order valence-corrected chi connectivity index (χ3v) is 7.64. The van der Waals surface area contributed by atoms with Crippen LogP contribution in [0, 0.1) is 6.92 Å². The molecule has 2 aromatic carbocycles. The summed E-state index contributed by atoms with van der Waals surface area (Å²) in [6.07, 6.45) is 9.74. The van der Waals surface area contributed by atoms with E-state index < -0.39 is 0 Å². The highest BCUT2D eigenvalue weighted by molar-refractivity contribution is 7.98. The van der Waals surface area contributed by atoms with Crippen LogP contribution in [-0.4, -0.2) is 5.75 Å². The van der Waals surface area contributed by atoms with Crippen LogP contribution in [0.2, 0.25) is 0 Å². The number of rotatable bonds is 7. The van der Waals surface area contributed by atoms with E-state index in [9.17, 15) is 0 Å². The van der Waals surface area contributed by atoms with Gasteiger partial charge in [0, 0.05) is 5.75 Å². The molecule has 0 fully saturated rings. The van der Waals surface area contributed by atoms with Crippen LogP contribution in [0.3, 0.4) is 0 Å². The van der Waals surface area contributed by atoms with Gasteiger partial charge in [-0.2, -0.15) is 11.8 Å². The molecule has 3 rings (SSSR count). The fraction of sp³-hybridized carbons (Fsp3) is 0.500. The van der Waals surface area contributed by atoms with Crippen molar-refractivity contribution < 1.29 is 0 Å². The predicted molar refractivity (Wildman–Crippen MR) is 133 cm³/mol. The fourth-order valence-electron chi connectivity index (χ4n) is 4.25. The van der Waals surface area contributed by atoms with Crippen molar-refractivity contribution in [3.63, 3.8) is 0 Å². The Bertz CT molecular complexity index is 853. The van der Waals surface area contributed by atoms with Crippen molar-refractivity contribution in [3.8, 4) is 0 Å². The zero-order chi connectivity index (χ0) is 21.1. The number of aryl methyl sites for hydroxylation is 1. The van der Waals surface area contributed by atoms with Crippen LogP contribution in [0.5, 0.6) is 0 Å². The van der Waals surface area contributed by atoms with Gasteiger partial charge in [-0.05, 0) is 70.6 Å². The molecule has 0 saturated carbocycles. The quantitative estimate of drug-likeness (QED) is 0.328. The van der Waals surface area contributed by atoms with E-state index in [4.69, 9.17) is 0 Å². The molecule has 2 aromatic rings. The summed E-state index contributed by atoms with van der Waals surface area (Å²) in [5.41, 5.74) is 9.15. The van der Waals surface area contributed by atoms with Crippen molar-refractivity contribution in [2.45, 2.75) is 83.8 Å². The Hall–Kier alpha value is -1.47. The molecular formula is C28H38S. The first-order valence-corrected chi connectivity index (χ1v) is 12.4. The van der Waals surface area contributed by atoms with Gasteiger partial charge < -0.3 is 0 Å². The summed E-state index contributed by atoms with van der Waals surface area (Å²) >= 11 is 2.09. The van der Waals surface area contributed by atoms with E-state index in [1.54, 1.807) is 11.1 Å². The number of thioether (sulfide) groups is 1. The zero-order valence-corrected chi connectivity index (χ0v) is 20.1. The second-order valence-electron chi connectivity index (χ2n) is 10.0. The van der Waals surface area contributed by atoms with Crippen LogP contribution in [0.1, 0.15) is 93.7 Å². The summed E-state index contributed by atoms with van der Waals surface area (Å²) in [6, 6.07) is 13.9. The predicted octanol–water partition coefficient (Wildman–Crippen LogP) is 8.55. The zero-order valence-electron chi connectivity index (χ0n) is 19.3. The lowest BCUT2D eigenvalue weighted by Crippen LogP contribution is -2.34. The second-order valence-corrected chi connectivity index (χ2v) is 11.1. The van der Waals surface area contributed by atoms with E-state index in [0.717, 1.165) is 5.75 Å². The largest absolute Gasteiger partial charge is 0.157 e. The van der Waals surface area contributed by atoms with Gasteiger partial charge >= 0.3 is 0 Å². The number of hydrogen-bond donors (Lipinski definition) is 0. The Labute approximate surface area is 183 Å². The van der Waals surface area contributed by atoms with E-state index in [-0.39, 0.29) is 10.8 Å². The van der Waals surface area contributed by atoms with Crippen LogP contribution in [0.15, 0.2) is 36.4 Å². The van der Waals surface area contributed by atoms with E-state index >= 15 is 0 Å².